The van der Waals surface area contributed by atoms with E-state index >= 15 is 0 Å². The second kappa shape index (κ2) is 7.17. The first-order valence-corrected chi connectivity index (χ1v) is 5.91. The maximum absolute atomic E-state index is 5.86. The highest BCUT2D eigenvalue weighted by Gasteiger charge is 2.22. The van der Waals surface area contributed by atoms with E-state index in [1.54, 1.807) is 0 Å². The van der Waals surface area contributed by atoms with Crippen LogP contribution in [0.1, 0.15) is 41.0 Å². The van der Waals surface area contributed by atoms with Gasteiger partial charge in [-0.15, -0.1) is 0 Å². The minimum Gasteiger partial charge on any atom is -0.271 e. The van der Waals surface area contributed by atoms with Crippen molar-refractivity contribution >= 4 is 0 Å². The zero-order valence-electron chi connectivity index (χ0n) is 10.8. The van der Waals surface area contributed by atoms with Gasteiger partial charge in [0.1, 0.15) is 0 Å². The summed E-state index contributed by atoms with van der Waals surface area (Å²) >= 11 is 0. The van der Waals surface area contributed by atoms with Crippen molar-refractivity contribution in [1.82, 2.24) is 10.4 Å². The zero-order chi connectivity index (χ0) is 12.0. The molecule has 92 valence electrons. The number of hydrogen-bond acceptors (Lipinski definition) is 4. The number of hydrazine groups is 2. The minimum atomic E-state index is 0.359. The van der Waals surface area contributed by atoms with Crippen LogP contribution in [0.5, 0.6) is 0 Å². The first-order chi connectivity index (χ1) is 6.93. The minimum absolute atomic E-state index is 0.359. The van der Waals surface area contributed by atoms with E-state index in [2.05, 4.69) is 40.0 Å². The molecular weight excluding hydrogens is 188 g/mol. The fraction of sp³-hybridized carbons (Fsp3) is 1.00. The number of nitrogens with two attached hydrogens (primary N) is 2. The van der Waals surface area contributed by atoms with Crippen LogP contribution in [0.2, 0.25) is 0 Å². The molecule has 0 aromatic heterocycles. The largest absolute Gasteiger partial charge is 0.271 e. The van der Waals surface area contributed by atoms with Gasteiger partial charge >= 0.3 is 0 Å². The quantitative estimate of drug-likeness (QED) is 0.440. The summed E-state index contributed by atoms with van der Waals surface area (Å²) in [7, 11) is 0. The summed E-state index contributed by atoms with van der Waals surface area (Å²) in [6, 6.07) is 0.761. The molecule has 0 aromatic carbocycles. The molecule has 5 N–H and O–H groups in total. The van der Waals surface area contributed by atoms with E-state index in [0.717, 1.165) is 13.0 Å². The van der Waals surface area contributed by atoms with Crippen molar-refractivity contribution in [1.29, 1.82) is 0 Å². The van der Waals surface area contributed by atoms with Crippen LogP contribution < -0.4 is 17.1 Å². The Bertz CT molecular complexity index is 161. The van der Waals surface area contributed by atoms with Gasteiger partial charge in [-0.25, -0.2) is 5.01 Å². The highest BCUT2D eigenvalue weighted by atomic mass is 15.4. The summed E-state index contributed by atoms with van der Waals surface area (Å²) in [6.07, 6.45) is 1.07. The third-order valence-electron chi connectivity index (χ3n) is 3.17. The molecule has 3 atom stereocenters. The van der Waals surface area contributed by atoms with E-state index in [9.17, 15) is 0 Å². The predicted molar refractivity (Wildman–Crippen MR) is 65.8 cm³/mol. The standard InChI is InChI=1S/C11H28N4/c1-6-15(13)10(5)7-9(4)11(14-12)8(2)3/h8-11,14H,6-7,12-13H2,1-5H3. The average molecular weight is 216 g/mol. The monoisotopic (exact) mass is 216 g/mol. The third-order valence-corrected chi connectivity index (χ3v) is 3.17. The Kier molecular flexibility index (Phi) is 7.09. The number of nitrogens with zero attached hydrogens (tertiary/aromatic N) is 1. The number of rotatable bonds is 7. The van der Waals surface area contributed by atoms with Crippen molar-refractivity contribution < 1.29 is 0 Å². The van der Waals surface area contributed by atoms with Gasteiger partial charge in [-0.1, -0.05) is 27.7 Å². The van der Waals surface area contributed by atoms with Crippen molar-refractivity contribution in [3.8, 4) is 0 Å². The molecule has 0 aliphatic rings. The highest BCUT2D eigenvalue weighted by molar-refractivity contribution is 4.77. The lowest BCUT2D eigenvalue weighted by Crippen LogP contribution is -2.47. The van der Waals surface area contributed by atoms with E-state index in [4.69, 9.17) is 11.7 Å². The highest BCUT2D eigenvalue weighted by Crippen LogP contribution is 2.18. The smallest absolute Gasteiger partial charge is 0.0259 e. The Labute approximate surface area is 94.3 Å². The SMILES string of the molecule is CCN(N)C(C)CC(C)C(NN)C(C)C. The molecule has 0 heterocycles. The van der Waals surface area contributed by atoms with Crippen LogP contribution in [-0.4, -0.2) is 23.6 Å². The van der Waals surface area contributed by atoms with Gasteiger partial charge in [0, 0.05) is 18.6 Å². The third kappa shape index (κ3) is 4.93. The van der Waals surface area contributed by atoms with Gasteiger partial charge in [0.25, 0.3) is 0 Å². The maximum Gasteiger partial charge on any atom is 0.0259 e. The lowest BCUT2D eigenvalue weighted by Gasteiger charge is -2.31. The van der Waals surface area contributed by atoms with Crippen molar-refractivity contribution in [2.75, 3.05) is 6.54 Å². The molecular formula is C11H28N4. The van der Waals surface area contributed by atoms with E-state index in [0.29, 0.717) is 23.9 Å². The van der Waals surface area contributed by atoms with Crippen LogP contribution in [0, 0.1) is 11.8 Å². The Morgan fingerprint density at radius 3 is 2.07 bits per heavy atom. The number of hydrogen-bond donors (Lipinski definition) is 3. The molecule has 0 amide bonds. The Hall–Kier alpha value is -0.160. The molecule has 0 spiro atoms. The zero-order valence-corrected chi connectivity index (χ0v) is 10.8. The first kappa shape index (κ1) is 14.8. The normalized spacial score (nSPS) is 18.2. The van der Waals surface area contributed by atoms with Crippen molar-refractivity contribution in [2.24, 2.45) is 23.5 Å². The number of nitrogens with one attached hydrogen (secondary N) is 1. The van der Waals surface area contributed by atoms with E-state index in [1.807, 2.05) is 5.01 Å². The average Bonchev–Trinajstić information content (AvgIpc) is 2.16. The van der Waals surface area contributed by atoms with Crippen LogP contribution >= 0.6 is 0 Å². The second-order valence-corrected chi connectivity index (χ2v) is 4.83. The molecule has 0 saturated carbocycles. The summed E-state index contributed by atoms with van der Waals surface area (Å²) in [5, 5.41) is 1.88. The molecule has 0 saturated heterocycles. The van der Waals surface area contributed by atoms with Crippen molar-refractivity contribution in [3.05, 3.63) is 0 Å². The Morgan fingerprint density at radius 2 is 1.73 bits per heavy atom. The second-order valence-electron chi connectivity index (χ2n) is 4.83. The molecule has 0 fully saturated rings. The van der Waals surface area contributed by atoms with E-state index in [1.165, 1.54) is 0 Å². The molecule has 0 aliphatic carbocycles. The van der Waals surface area contributed by atoms with E-state index < -0.39 is 0 Å². The van der Waals surface area contributed by atoms with Crippen LogP contribution in [-0.2, 0) is 0 Å². The maximum atomic E-state index is 5.86. The van der Waals surface area contributed by atoms with Crippen molar-refractivity contribution in [3.63, 3.8) is 0 Å². The molecule has 3 unspecified atom stereocenters. The molecule has 4 nitrogen and oxygen atoms in total. The van der Waals surface area contributed by atoms with Crippen LogP contribution in [0.3, 0.4) is 0 Å². The Balaban J connectivity index is 4.15. The molecule has 4 heteroatoms. The molecule has 0 aliphatic heterocycles. The van der Waals surface area contributed by atoms with Crippen LogP contribution in [0.25, 0.3) is 0 Å². The van der Waals surface area contributed by atoms with Gasteiger partial charge in [-0.2, -0.15) is 0 Å². The Morgan fingerprint density at radius 1 is 1.20 bits per heavy atom. The molecule has 15 heavy (non-hydrogen) atoms. The van der Waals surface area contributed by atoms with Crippen molar-refractivity contribution in [2.45, 2.75) is 53.1 Å². The van der Waals surface area contributed by atoms with Gasteiger partial charge in [-0.05, 0) is 25.2 Å². The topological polar surface area (TPSA) is 67.3 Å². The predicted octanol–water partition coefficient (Wildman–Crippen LogP) is 1.08. The molecule has 0 radical (unpaired) electrons. The van der Waals surface area contributed by atoms with Crippen LogP contribution in [0.15, 0.2) is 0 Å². The van der Waals surface area contributed by atoms with Gasteiger partial charge in [0.2, 0.25) is 0 Å². The first-order valence-electron chi connectivity index (χ1n) is 5.91. The molecule has 0 aromatic rings. The summed E-state index contributed by atoms with van der Waals surface area (Å²) in [5.74, 6) is 12.5. The van der Waals surface area contributed by atoms with Gasteiger partial charge in [0.15, 0.2) is 0 Å². The van der Waals surface area contributed by atoms with E-state index in [-0.39, 0.29) is 0 Å². The molecule has 0 rings (SSSR count). The molecule has 0 bridgehead atoms. The fourth-order valence-corrected chi connectivity index (χ4v) is 2.15. The summed E-state index contributed by atoms with van der Waals surface area (Å²) in [5.41, 5.74) is 2.90. The summed E-state index contributed by atoms with van der Waals surface area (Å²) < 4.78 is 0. The lowest BCUT2D eigenvalue weighted by atomic mass is 9.88. The summed E-state index contributed by atoms with van der Waals surface area (Å²) in [6.45, 7) is 11.7. The summed E-state index contributed by atoms with van der Waals surface area (Å²) in [4.78, 5) is 0. The van der Waals surface area contributed by atoms with Gasteiger partial charge in [0.05, 0.1) is 0 Å². The van der Waals surface area contributed by atoms with Gasteiger partial charge in [-0.3, -0.25) is 17.1 Å². The lowest BCUT2D eigenvalue weighted by molar-refractivity contribution is 0.172. The van der Waals surface area contributed by atoms with Crippen LogP contribution in [0.4, 0.5) is 0 Å². The van der Waals surface area contributed by atoms with Gasteiger partial charge < -0.3 is 0 Å². The fourth-order valence-electron chi connectivity index (χ4n) is 2.15.